The Hall–Kier alpha value is -1.22. The normalized spacial score (nSPS) is 12.1. The Bertz CT molecular complexity index is 328. The monoisotopic (exact) mass is 213 g/mol. The molecule has 0 aromatic heterocycles. The highest BCUT2D eigenvalue weighted by Gasteiger charge is 2.13. The molecule has 0 aliphatic carbocycles. The van der Waals surface area contributed by atoms with Gasteiger partial charge in [0, 0.05) is 10.7 Å². The fraction of sp³-hybridized carbons (Fsp3) is 0.300. The third-order valence-corrected chi connectivity index (χ3v) is 2.11. The Morgan fingerprint density at radius 2 is 2.36 bits per heavy atom. The van der Waals surface area contributed by atoms with Gasteiger partial charge >= 0.3 is 5.97 Å². The summed E-state index contributed by atoms with van der Waals surface area (Å²) in [6.07, 6.45) is 0.530. The summed E-state index contributed by atoms with van der Waals surface area (Å²) in [4.78, 5) is 10.7. The Morgan fingerprint density at radius 1 is 1.64 bits per heavy atom. The summed E-state index contributed by atoms with van der Waals surface area (Å²) in [7, 11) is 0. The second-order valence-electron chi connectivity index (χ2n) is 2.95. The molecule has 2 N–H and O–H groups in total. The van der Waals surface area contributed by atoms with E-state index in [9.17, 15) is 4.79 Å². The van der Waals surface area contributed by atoms with Gasteiger partial charge in [0.1, 0.15) is 6.04 Å². The molecule has 0 amide bonds. The van der Waals surface area contributed by atoms with Crippen LogP contribution in [0.4, 0.5) is 5.69 Å². The van der Waals surface area contributed by atoms with E-state index in [0.29, 0.717) is 11.4 Å². The molecule has 1 rings (SSSR count). The minimum absolute atomic E-state index is 0.530. The smallest absolute Gasteiger partial charge is 0.326 e. The second kappa shape index (κ2) is 4.86. The Balaban J connectivity index is 2.72. The molecule has 0 bridgehead atoms. The van der Waals surface area contributed by atoms with Gasteiger partial charge in [-0.15, -0.1) is 0 Å². The van der Waals surface area contributed by atoms with Crippen LogP contribution in [0, 0.1) is 0 Å². The van der Waals surface area contributed by atoms with E-state index >= 15 is 0 Å². The van der Waals surface area contributed by atoms with Crippen molar-refractivity contribution in [3.05, 3.63) is 29.3 Å². The van der Waals surface area contributed by atoms with Crippen molar-refractivity contribution in [1.82, 2.24) is 0 Å². The highest BCUT2D eigenvalue weighted by molar-refractivity contribution is 6.30. The van der Waals surface area contributed by atoms with E-state index in [-0.39, 0.29) is 0 Å². The molecular weight excluding hydrogens is 202 g/mol. The van der Waals surface area contributed by atoms with Crippen LogP contribution in [0.1, 0.15) is 13.3 Å². The van der Waals surface area contributed by atoms with E-state index < -0.39 is 12.0 Å². The average molecular weight is 214 g/mol. The molecular formula is C10H12ClNO2. The zero-order valence-electron chi connectivity index (χ0n) is 7.83. The molecule has 0 aliphatic rings. The summed E-state index contributed by atoms with van der Waals surface area (Å²) in [6.45, 7) is 1.82. The molecule has 0 saturated heterocycles. The van der Waals surface area contributed by atoms with Crippen LogP contribution in [0.3, 0.4) is 0 Å². The number of anilines is 1. The van der Waals surface area contributed by atoms with Crippen molar-refractivity contribution in [2.24, 2.45) is 0 Å². The Morgan fingerprint density at radius 3 is 2.86 bits per heavy atom. The molecule has 0 saturated carbocycles. The third-order valence-electron chi connectivity index (χ3n) is 1.87. The second-order valence-corrected chi connectivity index (χ2v) is 3.39. The van der Waals surface area contributed by atoms with Crippen molar-refractivity contribution in [2.75, 3.05) is 5.32 Å². The molecule has 0 unspecified atom stereocenters. The number of aliphatic carboxylic acids is 1. The fourth-order valence-corrected chi connectivity index (χ4v) is 1.31. The van der Waals surface area contributed by atoms with Crippen LogP contribution in [-0.2, 0) is 4.79 Å². The van der Waals surface area contributed by atoms with Gasteiger partial charge in [-0.2, -0.15) is 0 Å². The number of carbonyl (C=O) groups is 1. The van der Waals surface area contributed by atoms with Gasteiger partial charge in [-0.25, -0.2) is 4.79 Å². The molecule has 3 nitrogen and oxygen atoms in total. The summed E-state index contributed by atoms with van der Waals surface area (Å²) < 4.78 is 0. The first kappa shape index (κ1) is 10.9. The largest absolute Gasteiger partial charge is 0.480 e. The van der Waals surface area contributed by atoms with Crippen molar-refractivity contribution in [2.45, 2.75) is 19.4 Å². The molecule has 4 heteroatoms. The number of hydrogen-bond acceptors (Lipinski definition) is 2. The lowest BCUT2D eigenvalue weighted by molar-refractivity contribution is -0.137. The van der Waals surface area contributed by atoms with E-state index in [1.165, 1.54) is 0 Å². The molecule has 1 aromatic carbocycles. The first-order valence-electron chi connectivity index (χ1n) is 4.38. The van der Waals surface area contributed by atoms with Crippen LogP contribution in [0.25, 0.3) is 0 Å². The van der Waals surface area contributed by atoms with Crippen LogP contribution in [-0.4, -0.2) is 17.1 Å². The van der Waals surface area contributed by atoms with E-state index in [1.807, 2.05) is 6.92 Å². The number of benzene rings is 1. The number of hydrogen-bond donors (Lipinski definition) is 2. The number of halogens is 1. The molecule has 14 heavy (non-hydrogen) atoms. The minimum atomic E-state index is -0.854. The van der Waals surface area contributed by atoms with Gasteiger partial charge in [-0.1, -0.05) is 24.6 Å². The summed E-state index contributed by atoms with van der Waals surface area (Å²) in [5, 5.41) is 12.3. The van der Waals surface area contributed by atoms with Gasteiger partial charge in [0.15, 0.2) is 0 Å². The lowest BCUT2D eigenvalue weighted by atomic mass is 10.2. The summed E-state index contributed by atoms with van der Waals surface area (Å²) >= 11 is 5.76. The minimum Gasteiger partial charge on any atom is -0.480 e. The third kappa shape index (κ3) is 2.92. The molecule has 0 fully saturated rings. The van der Waals surface area contributed by atoms with Crippen molar-refractivity contribution in [1.29, 1.82) is 0 Å². The van der Waals surface area contributed by atoms with Gasteiger partial charge < -0.3 is 10.4 Å². The van der Waals surface area contributed by atoms with Crippen molar-refractivity contribution in [3.8, 4) is 0 Å². The highest BCUT2D eigenvalue weighted by Crippen LogP contribution is 2.16. The number of nitrogens with one attached hydrogen (secondary N) is 1. The predicted octanol–water partition coefficient (Wildman–Crippen LogP) is 2.62. The SMILES string of the molecule is CC[C@H](Nc1cccc(Cl)c1)C(=O)O. The quantitative estimate of drug-likeness (QED) is 0.809. The molecule has 1 aromatic rings. The molecule has 0 spiro atoms. The molecule has 1 atom stereocenters. The average Bonchev–Trinajstić information content (AvgIpc) is 2.14. The Labute approximate surface area is 87.7 Å². The van der Waals surface area contributed by atoms with E-state index in [2.05, 4.69) is 5.32 Å². The number of carboxylic acids is 1. The number of rotatable bonds is 4. The summed E-state index contributed by atoms with van der Waals surface area (Å²) in [5.74, 6) is -0.854. The lowest BCUT2D eigenvalue weighted by Crippen LogP contribution is -2.28. The Kier molecular flexibility index (Phi) is 3.77. The number of carboxylic acid groups (broad SMARTS) is 1. The van der Waals surface area contributed by atoms with Crippen molar-refractivity contribution < 1.29 is 9.90 Å². The molecule has 0 radical (unpaired) electrons. The highest BCUT2D eigenvalue weighted by atomic mass is 35.5. The maximum absolute atomic E-state index is 10.7. The first-order valence-corrected chi connectivity index (χ1v) is 4.76. The fourth-order valence-electron chi connectivity index (χ4n) is 1.12. The van der Waals surface area contributed by atoms with Crippen LogP contribution in [0.15, 0.2) is 24.3 Å². The van der Waals surface area contributed by atoms with Gasteiger partial charge in [0.05, 0.1) is 0 Å². The zero-order chi connectivity index (χ0) is 10.6. The van der Waals surface area contributed by atoms with Gasteiger partial charge in [0.25, 0.3) is 0 Å². The maximum Gasteiger partial charge on any atom is 0.326 e. The topological polar surface area (TPSA) is 49.3 Å². The van der Waals surface area contributed by atoms with E-state index in [4.69, 9.17) is 16.7 Å². The van der Waals surface area contributed by atoms with Crippen LogP contribution >= 0.6 is 11.6 Å². The van der Waals surface area contributed by atoms with Crippen LogP contribution in [0.2, 0.25) is 5.02 Å². The summed E-state index contributed by atoms with van der Waals surface area (Å²) in [6, 6.07) is 6.45. The molecule has 0 aliphatic heterocycles. The lowest BCUT2D eigenvalue weighted by Gasteiger charge is -2.13. The van der Waals surface area contributed by atoms with Crippen molar-refractivity contribution in [3.63, 3.8) is 0 Å². The molecule has 0 heterocycles. The van der Waals surface area contributed by atoms with Crippen molar-refractivity contribution >= 4 is 23.3 Å². The van der Waals surface area contributed by atoms with Gasteiger partial charge in [-0.3, -0.25) is 0 Å². The van der Waals surface area contributed by atoms with E-state index in [0.717, 1.165) is 5.69 Å². The first-order chi connectivity index (χ1) is 6.63. The van der Waals surface area contributed by atoms with Crippen LogP contribution in [0.5, 0.6) is 0 Å². The van der Waals surface area contributed by atoms with E-state index in [1.54, 1.807) is 24.3 Å². The maximum atomic E-state index is 10.7. The van der Waals surface area contributed by atoms with Crippen LogP contribution < -0.4 is 5.32 Å². The molecule has 76 valence electrons. The van der Waals surface area contributed by atoms with Gasteiger partial charge in [-0.05, 0) is 24.6 Å². The summed E-state index contributed by atoms with van der Waals surface area (Å²) in [5.41, 5.74) is 0.728. The standard InChI is InChI=1S/C10H12ClNO2/c1-2-9(10(13)14)12-8-5-3-4-7(11)6-8/h3-6,9,12H,2H2,1H3,(H,13,14)/t9-/m0/s1. The zero-order valence-corrected chi connectivity index (χ0v) is 8.58. The van der Waals surface area contributed by atoms with Gasteiger partial charge in [0.2, 0.25) is 0 Å². The predicted molar refractivity (Wildman–Crippen MR) is 56.8 cm³/mol.